The van der Waals surface area contributed by atoms with Crippen molar-refractivity contribution in [3.8, 4) is 0 Å². The Labute approximate surface area is 172 Å². The molecule has 2 nitrogen and oxygen atoms in total. The van der Waals surface area contributed by atoms with Crippen molar-refractivity contribution < 1.29 is 0 Å². The van der Waals surface area contributed by atoms with Crippen molar-refractivity contribution >= 4 is 34.2 Å². The molecule has 2 aromatic rings. The maximum Gasteiger partial charge on any atom is 0.166 e. The van der Waals surface area contributed by atoms with E-state index < -0.39 is 0 Å². The predicted octanol–water partition coefficient (Wildman–Crippen LogP) is 5.52. The molecule has 1 heterocycles. The molecule has 1 saturated carbocycles. The largest absolute Gasteiger partial charge is 0.362 e. The van der Waals surface area contributed by atoms with Gasteiger partial charge in [-0.15, -0.1) is 11.3 Å². The summed E-state index contributed by atoms with van der Waals surface area (Å²) in [5, 5.41) is 9.94. The Morgan fingerprint density at radius 1 is 1.07 bits per heavy atom. The Morgan fingerprint density at radius 3 is 2.74 bits per heavy atom. The van der Waals surface area contributed by atoms with Gasteiger partial charge >= 0.3 is 0 Å². The smallest absolute Gasteiger partial charge is 0.166 e. The van der Waals surface area contributed by atoms with Gasteiger partial charge in [-0.3, -0.25) is 0 Å². The van der Waals surface area contributed by atoms with E-state index in [2.05, 4.69) is 58.5 Å². The molecule has 2 N–H and O–H groups in total. The second-order valence-electron chi connectivity index (χ2n) is 7.68. The molecule has 0 radical (unpaired) electrons. The van der Waals surface area contributed by atoms with E-state index in [-0.39, 0.29) is 0 Å². The number of rotatable bonds is 6. The van der Waals surface area contributed by atoms with Crippen molar-refractivity contribution in [3.05, 3.63) is 63.9 Å². The molecule has 0 spiro atoms. The van der Waals surface area contributed by atoms with Gasteiger partial charge in [0.05, 0.1) is 0 Å². The summed E-state index contributed by atoms with van der Waals surface area (Å²) >= 11 is 7.42. The normalized spacial score (nSPS) is 17.9. The number of benzene rings is 1. The zero-order valence-electron chi connectivity index (χ0n) is 15.7. The molecule has 0 aliphatic heterocycles. The third-order valence-electron chi connectivity index (χ3n) is 5.88. The van der Waals surface area contributed by atoms with E-state index in [0.29, 0.717) is 5.92 Å². The number of hydrogen-bond donors (Lipinski definition) is 2. The van der Waals surface area contributed by atoms with Crippen molar-refractivity contribution in [2.45, 2.75) is 44.4 Å². The van der Waals surface area contributed by atoms with E-state index in [4.69, 9.17) is 12.2 Å². The summed E-state index contributed by atoms with van der Waals surface area (Å²) in [4.78, 5) is 1.40. The van der Waals surface area contributed by atoms with E-state index >= 15 is 0 Å². The fraction of sp³-hybridized carbons (Fsp3) is 0.435. The van der Waals surface area contributed by atoms with Gasteiger partial charge in [-0.25, -0.2) is 0 Å². The maximum absolute atomic E-state index is 5.58. The molecule has 142 valence electrons. The number of thiocarbonyl (C=S) groups is 1. The molecule has 0 bridgehead atoms. The number of thiophene rings is 1. The molecular formula is C23H28N2S2. The van der Waals surface area contributed by atoms with E-state index in [1.807, 2.05) is 11.3 Å². The Hall–Kier alpha value is -1.65. The summed E-state index contributed by atoms with van der Waals surface area (Å²) in [5.41, 5.74) is 4.28. The molecule has 2 aliphatic rings. The summed E-state index contributed by atoms with van der Waals surface area (Å²) in [6.45, 7) is 1.86. The van der Waals surface area contributed by atoms with Gasteiger partial charge in [-0.2, -0.15) is 0 Å². The fourth-order valence-electron chi connectivity index (χ4n) is 4.38. The summed E-state index contributed by atoms with van der Waals surface area (Å²) in [6.07, 6.45) is 10.3. The van der Waals surface area contributed by atoms with Crippen LogP contribution in [0.1, 0.15) is 54.0 Å². The molecule has 4 heteroatoms. The number of nitrogens with one attached hydrogen (secondary N) is 2. The number of allylic oxidation sites excluding steroid dienone is 1. The molecule has 2 aliphatic carbocycles. The summed E-state index contributed by atoms with van der Waals surface area (Å²) < 4.78 is 0. The average Bonchev–Trinajstić information content (AvgIpc) is 3.38. The van der Waals surface area contributed by atoms with Crippen LogP contribution in [-0.2, 0) is 6.42 Å². The molecule has 1 fully saturated rings. The monoisotopic (exact) mass is 396 g/mol. The highest BCUT2D eigenvalue weighted by atomic mass is 32.1. The van der Waals surface area contributed by atoms with Crippen molar-refractivity contribution in [2.75, 3.05) is 13.1 Å². The van der Waals surface area contributed by atoms with E-state index in [9.17, 15) is 0 Å². The van der Waals surface area contributed by atoms with Gasteiger partial charge in [-0.1, -0.05) is 55.7 Å². The third kappa shape index (κ3) is 4.61. The van der Waals surface area contributed by atoms with E-state index in [0.717, 1.165) is 30.5 Å². The van der Waals surface area contributed by atoms with Gasteiger partial charge in [0, 0.05) is 23.9 Å². The highest BCUT2D eigenvalue weighted by Crippen LogP contribution is 2.39. The van der Waals surface area contributed by atoms with Crippen LogP contribution in [-0.4, -0.2) is 18.2 Å². The zero-order valence-corrected chi connectivity index (χ0v) is 17.4. The second-order valence-corrected chi connectivity index (χ2v) is 9.07. The first-order valence-electron chi connectivity index (χ1n) is 10.1. The van der Waals surface area contributed by atoms with Gasteiger partial charge in [0.25, 0.3) is 0 Å². The molecule has 1 aromatic carbocycles. The van der Waals surface area contributed by atoms with Crippen LogP contribution in [0.5, 0.6) is 0 Å². The lowest BCUT2D eigenvalue weighted by atomic mass is 9.89. The Balaban J connectivity index is 1.38. The van der Waals surface area contributed by atoms with Crippen molar-refractivity contribution in [1.29, 1.82) is 0 Å². The zero-order chi connectivity index (χ0) is 18.5. The quantitative estimate of drug-likeness (QED) is 0.629. The van der Waals surface area contributed by atoms with Gasteiger partial charge < -0.3 is 10.6 Å². The molecular weight excluding hydrogens is 368 g/mol. The molecule has 0 amide bonds. The molecule has 1 aromatic heterocycles. The summed E-state index contributed by atoms with van der Waals surface area (Å²) in [6, 6.07) is 13.2. The van der Waals surface area contributed by atoms with Gasteiger partial charge in [0.15, 0.2) is 5.11 Å². The van der Waals surface area contributed by atoms with Crippen molar-refractivity contribution in [2.24, 2.45) is 5.92 Å². The topological polar surface area (TPSA) is 24.1 Å². The van der Waals surface area contributed by atoms with Crippen LogP contribution in [0.4, 0.5) is 0 Å². The first kappa shape index (κ1) is 18.7. The summed E-state index contributed by atoms with van der Waals surface area (Å²) in [7, 11) is 0. The molecule has 4 rings (SSSR count). The van der Waals surface area contributed by atoms with Crippen LogP contribution in [0, 0.1) is 5.92 Å². The Morgan fingerprint density at radius 2 is 1.93 bits per heavy atom. The van der Waals surface area contributed by atoms with Gasteiger partial charge in [0.2, 0.25) is 0 Å². The highest BCUT2D eigenvalue weighted by Gasteiger charge is 2.24. The Kier molecular flexibility index (Phi) is 6.25. The van der Waals surface area contributed by atoms with Crippen LogP contribution < -0.4 is 10.6 Å². The molecule has 27 heavy (non-hydrogen) atoms. The number of hydrogen-bond acceptors (Lipinski definition) is 2. The second kappa shape index (κ2) is 9.03. The molecule has 0 saturated heterocycles. The number of fused-ring (bicyclic) bond motifs is 1. The van der Waals surface area contributed by atoms with Crippen LogP contribution in [0.2, 0.25) is 0 Å². The third-order valence-corrected chi connectivity index (χ3v) is 7.15. The standard InChI is InChI=1S/C23H28N2S2/c26-23(24-15-17-7-2-1-3-8-17)25-16-21(22-11-6-14-27-22)20-13-12-18-9-4-5-10-19(18)20/h4-6,9-11,13-14,17,21H,1-3,7-8,12,15-16H2,(H2,24,25,26). The first-order chi connectivity index (χ1) is 13.3. The SMILES string of the molecule is S=C(NCC1CCCCC1)NCC(C1=CCc2ccccc21)c1cccs1. The predicted molar refractivity (Wildman–Crippen MR) is 120 cm³/mol. The summed E-state index contributed by atoms with van der Waals surface area (Å²) in [5.74, 6) is 1.14. The lowest BCUT2D eigenvalue weighted by Crippen LogP contribution is -2.40. The van der Waals surface area contributed by atoms with Crippen LogP contribution in [0.3, 0.4) is 0 Å². The minimum atomic E-state index is 0.350. The van der Waals surface area contributed by atoms with Crippen molar-refractivity contribution in [3.63, 3.8) is 0 Å². The van der Waals surface area contributed by atoms with E-state index in [1.54, 1.807) is 0 Å². The lowest BCUT2D eigenvalue weighted by molar-refractivity contribution is 0.356. The Bertz CT molecular complexity index is 788. The minimum Gasteiger partial charge on any atom is -0.362 e. The van der Waals surface area contributed by atoms with Gasteiger partial charge in [-0.05, 0) is 65.5 Å². The van der Waals surface area contributed by atoms with Crippen LogP contribution in [0.25, 0.3) is 5.57 Å². The minimum absolute atomic E-state index is 0.350. The fourth-order valence-corrected chi connectivity index (χ4v) is 5.39. The van der Waals surface area contributed by atoms with Crippen LogP contribution >= 0.6 is 23.6 Å². The van der Waals surface area contributed by atoms with E-state index in [1.165, 1.54) is 53.7 Å². The lowest BCUT2D eigenvalue weighted by Gasteiger charge is -2.24. The molecule has 1 atom stereocenters. The first-order valence-corrected chi connectivity index (χ1v) is 11.4. The van der Waals surface area contributed by atoms with Crippen LogP contribution in [0.15, 0.2) is 47.9 Å². The van der Waals surface area contributed by atoms with Crippen molar-refractivity contribution in [1.82, 2.24) is 10.6 Å². The average molecular weight is 397 g/mol. The highest BCUT2D eigenvalue weighted by molar-refractivity contribution is 7.80. The maximum atomic E-state index is 5.58. The molecule has 1 unspecified atom stereocenters. The van der Waals surface area contributed by atoms with Gasteiger partial charge in [0.1, 0.15) is 0 Å².